The van der Waals surface area contributed by atoms with Gasteiger partial charge >= 0.3 is 5.97 Å². The van der Waals surface area contributed by atoms with Gasteiger partial charge in [0.25, 0.3) is 5.56 Å². The molecule has 0 amide bonds. The van der Waals surface area contributed by atoms with Gasteiger partial charge in [-0.05, 0) is 55.3 Å². The molecule has 3 aromatic carbocycles. The van der Waals surface area contributed by atoms with Crippen LogP contribution in [0.1, 0.15) is 36.6 Å². The average Bonchev–Trinajstić information content (AvgIpc) is 3.28. The number of anilines is 1. The van der Waals surface area contributed by atoms with E-state index in [0.717, 1.165) is 22.4 Å². The van der Waals surface area contributed by atoms with Gasteiger partial charge in [0.15, 0.2) is 4.80 Å². The first-order chi connectivity index (χ1) is 19.4. The highest BCUT2D eigenvalue weighted by Crippen LogP contribution is 2.35. The standard InChI is InChI=1S/C32H31N3O4S/c1-5-38-25-18-14-23(15-19-25)29-27(31(37)39-6-2)28(22-10-8-7-9-11-22)33-32-35(29)30(36)26(40-32)20-21-12-16-24(17-13-21)34(3)4/h7-20,29H,5-6H2,1-4H3/b26-20-/t29-/m0/s1. The Kier molecular flexibility index (Phi) is 7.98. The van der Waals surface area contributed by atoms with E-state index < -0.39 is 12.0 Å². The van der Waals surface area contributed by atoms with Crippen molar-refractivity contribution < 1.29 is 14.3 Å². The lowest BCUT2D eigenvalue weighted by Gasteiger charge is -2.26. The van der Waals surface area contributed by atoms with Crippen molar-refractivity contribution in [3.8, 4) is 5.75 Å². The van der Waals surface area contributed by atoms with Crippen LogP contribution in [0.5, 0.6) is 5.75 Å². The summed E-state index contributed by atoms with van der Waals surface area (Å²) in [4.78, 5) is 35.0. The van der Waals surface area contributed by atoms with Crippen LogP contribution in [0.4, 0.5) is 5.69 Å². The Morgan fingerprint density at radius 2 is 1.68 bits per heavy atom. The minimum atomic E-state index is -0.723. The lowest BCUT2D eigenvalue weighted by Crippen LogP contribution is -2.40. The van der Waals surface area contributed by atoms with Crippen molar-refractivity contribution in [1.82, 2.24) is 4.57 Å². The Hall–Kier alpha value is -4.43. The van der Waals surface area contributed by atoms with Crippen molar-refractivity contribution in [2.75, 3.05) is 32.2 Å². The van der Waals surface area contributed by atoms with Gasteiger partial charge in [-0.2, -0.15) is 0 Å². The van der Waals surface area contributed by atoms with E-state index in [-0.39, 0.29) is 12.2 Å². The zero-order valence-corrected chi connectivity index (χ0v) is 23.8. The summed E-state index contributed by atoms with van der Waals surface area (Å²) in [5, 5.41) is 0. The summed E-state index contributed by atoms with van der Waals surface area (Å²) in [5.41, 5.74) is 4.12. The molecule has 4 aromatic rings. The second-order valence-corrected chi connectivity index (χ2v) is 10.4. The second kappa shape index (κ2) is 11.8. The molecule has 0 unspecified atom stereocenters. The van der Waals surface area contributed by atoms with Gasteiger partial charge in [-0.1, -0.05) is 65.9 Å². The van der Waals surface area contributed by atoms with Crippen molar-refractivity contribution in [1.29, 1.82) is 0 Å². The van der Waals surface area contributed by atoms with Crippen molar-refractivity contribution in [2.24, 2.45) is 4.99 Å². The number of hydrogen-bond acceptors (Lipinski definition) is 7. The molecular formula is C32H31N3O4S. The van der Waals surface area contributed by atoms with Crippen molar-refractivity contribution in [3.63, 3.8) is 0 Å². The SMILES string of the molecule is CCOC(=O)C1=C(c2ccccc2)N=c2s/c(=C\c3ccc(N(C)C)cc3)c(=O)n2[C@H]1c1ccc(OCC)cc1. The zero-order valence-electron chi connectivity index (χ0n) is 23.0. The highest BCUT2D eigenvalue weighted by Gasteiger charge is 2.35. The molecule has 1 atom stereocenters. The molecule has 5 rings (SSSR count). The summed E-state index contributed by atoms with van der Waals surface area (Å²) in [6.45, 7) is 4.43. The first-order valence-electron chi connectivity index (χ1n) is 13.2. The van der Waals surface area contributed by atoms with Gasteiger partial charge < -0.3 is 14.4 Å². The van der Waals surface area contributed by atoms with E-state index in [2.05, 4.69) is 0 Å². The Labute approximate surface area is 237 Å². The third-order valence-corrected chi connectivity index (χ3v) is 7.57. The van der Waals surface area contributed by atoms with Gasteiger partial charge in [-0.25, -0.2) is 9.79 Å². The van der Waals surface area contributed by atoms with Crippen LogP contribution in [0.15, 0.2) is 94.2 Å². The molecule has 0 radical (unpaired) electrons. The van der Waals surface area contributed by atoms with Crippen molar-refractivity contribution in [2.45, 2.75) is 19.9 Å². The van der Waals surface area contributed by atoms with Crippen LogP contribution < -0.4 is 24.5 Å². The molecule has 0 saturated heterocycles. The minimum absolute atomic E-state index is 0.202. The summed E-state index contributed by atoms with van der Waals surface area (Å²) >= 11 is 1.31. The van der Waals surface area contributed by atoms with E-state index in [1.165, 1.54) is 11.3 Å². The Bertz CT molecular complexity index is 1720. The summed E-state index contributed by atoms with van der Waals surface area (Å²) in [6, 6.07) is 24.3. The minimum Gasteiger partial charge on any atom is -0.494 e. The molecule has 1 aliphatic heterocycles. The molecule has 8 heteroatoms. The van der Waals surface area contributed by atoms with Gasteiger partial charge in [0.2, 0.25) is 0 Å². The van der Waals surface area contributed by atoms with Crippen LogP contribution >= 0.6 is 11.3 Å². The second-order valence-electron chi connectivity index (χ2n) is 9.42. The Morgan fingerprint density at radius 3 is 2.30 bits per heavy atom. The Morgan fingerprint density at radius 1 is 0.975 bits per heavy atom. The molecule has 40 heavy (non-hydrogen) atoms. The molecule has 0 saturated carbocycles. The van der Waals surface area contributed by atoms with Gasteiger partial charge in [0, 0.05) is 25.3 Å². The number of nitrogens with zero attached hydrogens (tertiary/aromatic N) is 3. The van der Waals surface area contributed by atoms with Gasteiger partial charge in [0.1, 0.15) is 5.75 Å². The number of carbonyl (C=O) groups excluding carboxylic acids is 1. The molecular weight excluding hydrogens is 522 g/mol. The molecule has 204 valence electrons. The number of ether oxygens (including phenoxy) is 2. The van der Waals surface area contributed by atoms with Gasteiger partial charge in [-0.15, -0.1) is 0 Å². The number of carbonyl (C=O) groups is 1. The Balaban J connectivity index is 1.76. The topological polar surface area (TPSA) is 73.1 Å². The molecule has 0 fully saturated rings. The van der Waals surface area contributed by atoms with Crippen LogP contribution in [0, 0.1) is 0 Å². The molecule has 1 aromatic heterocycles. The fraction of sp³-hybridized carbons (Fsp3) is 0.219. The molecule has 2 heterocycles. The maximum absolute atomic E-state index is 14.0. The van der Waals surface area contributed by atoms with E-state index in [1.807, 2.05) is 111 Å². The molecule has 0 aliphatic carbocycles. The smallest absolute Gasteiger partial charge is 0.338 e. The van der Waals surface area contributed by atoms with Crippen molar-refractivity contribution in [3.05, 3.63) is 121 Å². The van der Waals surface area contributed by atoms with Crippen LogP contribution in [0.3, 0.4) is 0 Å². The molecule has 0 bridgehead atoms. The summed E-state index contributed by atoms with van der Waals surface area (Å²) in [5.74, 6) is 0.210. The van der Waals surface area contributed by atoms with Crippen molar-refractivity contribution >= 4 is 34.8 Å². The van der Waals surface area contributed by atoms with Gasteiger partial charge in [-0.3, -0.25) is 9.36 Å². The fourth-order valence-corrected chi connectivity index (χ4v) is 5.69. The van der Waals surface area contributed by atoms with E-state index in [9.17, 15) is 9.59 Å². The third-order valence-electron chi connectivity index (χ3n) is 6.59. The van der Waals surface area contributed by atoms with E-state index in [4.69, 9.17) is 14.5 Å². The lowest BCUT2D eigenvalue weighted by atomic mass is 9.93. The monoisotopic (exact) mass is 553 g/mol. The largest absolute Gasteiger partial charge is 0.494 e. The number of thiazole rings is 1. The lowest BCUT2D eigenvalue weighted by molar-refractivity contribution is -0.138. The number of aromatic nitrogens is 1. The number of benzene rings is 3. The highest BCUT2D eigenvalue weighted by atomic mass is 32.1. The summed E-state index contributed by atoms with van der Waals surface area (Å²) < 4.78 is 13.3. The molecule has 0 N–H and O–H groups in total. The number of esters is 1. The van der Waals surface area contributed by atoms with Crippen LogP contribution in [-0.2, 0) is 9.53 Å². The fourth-order valence-electron chi connectivity index (χ4n) is 4.69. The molecule has 7 nitrogen and oxygen atoms in total. The number of hydrogen-bond donors (Lipinski definition) is 0. The maximum Gasteiger partial charge on any atom is 0.338 e. The van der Waals surface area contributed by atoms with E-state index in [0.29, 0.717) is 33.0 Å². The first-order valence-corrected chi connectivity index (χ1v) is 14.0. The first kappa shape index (κ1) is 27.1. The quantitative estimate of drug-likeness (QED) is 0.303. The summed E-state index contributed by atoms with van der Waals surface area (Å²) in [7, 11) is 3.97. The van der Waals surface area contributed by atoms with Gasteiger partial charge in [0.05, 0.1) is 35.1 Å². The molecule has 1 aliphatic rings. The summed E-state index contributed by atoms with van der Waals surface area (Å²) in [6.07, 6.45) is 1.87. The molecule has 0 spiro atoms. The highest BCUT2D eigenvalue weighted by molar-refractivity contribution is 7.07. The zero-order chi connectivity index (χ0) is 28.2. The van der Waals surface area contributed by atoms with E-state index >= 15 is 0 Å². The number of rotatable bonds is 8. The third kappa shape index (κ3) is 5.35. The predicted octanol–water partition coefficient (Wildman–Crippen LogP) is 4.40. The van der Waals surface area contributed by atoms with Crippen LogP contribution in [0.2, 0.25) is 0 Å². The normalized spacial score (nSPS) is 14.9. The maximum atomic E-state index is 14.0. The number of fused-ring (bicyclic) bond motifs is 1. The average molecular weight is 554 g/mol. The van der Waals surface area contributed by atoms with E-state index in [1.54, 1.807) is 11.5 Å². The predicted molar refractivity (Wildman–Crippen MR) is 159 cm³/mol. The van der Waals surface area contributed by atoms with Crippen LogP contribution in [-0.4, -0.2) is 37.8 Å². The van der Waals surface area contributed by atoms with Crippen LogP contribution in [0.25, 0.3) is 11.8 Å².